The van der Waals surface area contributed by atoms with Crippen molar-refractivity contribution in [2.45, 2.75) is 45.9 Å². The SMILES string of the molecule is CC1=C(c2ccccc2CNC=O)C(c2ccc(OC[C@H](C)N3CC[C@@H](C)C3)cc2)Oc2ccc(O)cc21. The first-order valence-corrected chi connectivity index (χ1v) is 13.4. The fourth-order valence-electron chi connectivity index (χ4n) is 5.54. The Bertz CT molecular complexity index is 1320. The lowest BCUT2D eigenvalue weighted by Crippen LogP contribution is -2.35. The Kier molecular flexibility index (Phi) is 7.70. The molecule has 2 aliphatic rings. The van der Waals surface area contributed by atoms with E-state index in [1.54, 1.807) is 12.1 Å². The molecule has 1 unspecified atom stereocenters. The number of ether oxygens (including phenoxy) is 2. The van der Waals surface area contributed by atoms with Crippen molar-refractivity contribution in [2.75, 3.05) is 19.7 Å². The molecule has 0 aromatic heterocycles. The summed E-state index contributed by atoms with van der Waals surface area (Å²) in [5, 5.41) is 13.0. The summed E-state index contributed by atoms with van der Waals surface area (Å²) in [5.41, 5.74) is 5.91. The third-order valence-corrected chi connectivity index (χ3v) is 7.71. The van der Waals surface area contributed by atoms with Gasteiger partial charge in [0, 0.05) is 30.3 Å². The summed E-state index contributed by atoms with van der Waals surface area (Å²) in [6.07, 6.45) is 1.61. The maximum Gasteiger partial charge on any atom is 0.207 e. The molecule has 0 spiro atoms. The van der Waals surface area contributed by atoms with E-state index in [0.29, 0.717) is 25.6 Å². The summed E-state index contributed by atoms with van der Waals surface area (Å²) >= 11 is 0. The number of phenols is 1. The van der Waals surface area contributed by atoms with E-state index < -0.39 is 0 Å². The van der Waals surface area contributed by atoms with Gasteiger partial charge in [-0.1, -0.05) is 43.3 Å². The number of phenolic OH excluding ortho intramolecular Hbond substituents is 1. The van der Waals surface area contributed by atoms with E-state index in [1.807, 2.05) is 36.4 Å². The Morgan fingerprint density at radius 2 is 1.92 bits per heavy atom. The Labute approximate surface area is 224 Å². The number of rotatable bonds is 9. The van der Waals surface area contributed by atoms with E-state index in [0.717, 1.165) is 63.9 Å². The number of carbonyl (C=O) groups is 1. The minimum Gasteiger partial charge on any atom is -0.508 e. The summed E-state index contributed by atoms with van der Waals surface area (Å²) in [7, 11) is 0. The molecule has 2 N–H and O–H groups in total. The minimum absolute atomic E-state index is 0.194. The number of hydrogen-bond donors (Lipinski definition) is 2. The maximum absolute atomic E-state index is 11.0. The number of nitrogens with zero attached hydrogens (tertiary/aromatic N) is 1. The smallest absolute Gasteiger partial charge is 0.207 e. The summed E-state index contributed by atoms with van der Waals surface area (Å²) in [5.74, 6) is 2.52. The van der Waals surface area contributed by atoms with Gasteiger partial charge in [-0.05, 0) is 85.3 Å². The maximum atomic E-state index is 11.0. The molecular formula is C32H36N2O4. The zero-order valence-corrected chi connectivity index (χ0v) is 22.3. The number of benzene rings is 3. The molecule has 0 aliphatic carbocycles. The molecule has 6 heteroatoms. The average Bonchev–Trinajstić information content (AvgIpc) is 3.38. The van der Waals surface area contributed by atoms with Gasteiger partial charge in [-0.3, -0.25) is 9.69 Å². The summed E-state index contributed by atoms with van der Waals surface area (Å²) < 4.78 is 12.7. The van der Waals surface area contributed by atoms with Crippen molar-refractivity contribution in [3.8, 4) is 17.2 Å². The molecule has 38 heavy (non-hydrogen) atoms. The number of likely N-dealkylation sites (tertiary alicyclic amines) is 1. The average molecular weight is 513 g/mol. The van der Waals surface area contributed by atoms with Gasteiger partial charge in [0.05, 0.1) is 0 Å². The van der Waals surface area contributed by atoms with Crippen molar-refractivity contribution in [3.63, 3.8) is 0 Å². The molecule has 1 fully saturated rings. The zero-order chi connectivity index (χ0) is 26.6. The Morgan fingerprint density at radius 3 is 2.66 bits per heavy atom. The Morgan fingerprint density at radius 1 is 1.13 bits per heavy atom. The topological polar surface area (TPSA) is 71.0 Å². The van der Waals surface area contributed by atoms with Gasteiger partial charge in [-0.2, -0.15) is 0 Å². The summed E-state index contributed by atoms with van der Waals surface area (Å²) in [6, 6.07) is 21.8. The van der Waals surface area contributed by atoms with Crippen LogP contribution < -0.4 is 14.8 Å². The molecular weight excluding hydrogens is 476 g/mol. The van der Waals surface area contributed by atoms with Crippen molar-refractivity contribution in [1.29, 1.82) is 0 Å². The minimum atomic E-state index is -0.358. The van der Waals surface area contributed by atoms with Gasteiger partial charge in [0.25, 0.3) is 0 Å². The van der Waals surface area contributed by atoms with Gasteiger partial charge in [0.1, 0.15) is 30.0 Å². The molecule has 1 amide bonds. The van der Waals surface area contributed by atoms with E-state index >= 15 is 0 Å². The van der Waals surface area contributed by atoms with Gasteiger partial charge in [0.2, 0.25) is 6.41 Å². The molecule has 2 aliphatic heterocycles. The number of aromatic hydroxyl groups is 1. The first kappa shape index (κ1) is 25.9. The Balaban J connectivity index is 1.44. The van der Waals surface area contributed by atoms with Crippen LogP contribution in [0.4, 0.5) is 0 Å². The second-order valence-corrected chi connectivity index (χ2v) is 10.5. The molecule has 5 rings (SSSR count). The van der Waals surface area contributed by atoms with E-state index in [1.165, 1.54) is 6.42 Å². The van der Waals surface area contributed by atoms with E-state index in [2.05, 4.69) is 49.2 Å². The molecule has 0 saturated carbocycles. The second kappa shape index (κ2) is 11.3. The van der Waals surface area contributed by atoms with Crippen molar-refractivity contribution in [3.05, 3.63) is 89.0 Å². The normalized spacial score (nSPS) is 20.0. The monoisotopic (exact) mass is 512 g/mol. The van der Waals surface area contributed by atoms with Crippen molar-refractivity contribution < 1.29 is 19.4 Å². The number of allylic oxidation sites excluding steroid dienone is 1. The molecule has 3 aromatic carbocycles. The molecule has 0 radical (unpaired) electrons. The molecule has 6 nitrogen and oxygen atoms in total. The predicted molar refractivity (Wildman–Crippen MR) is 150 cm³/mol. The van der Waals surface area contributed by atoms with Crippen LogP contribution in [0.1, 0.15) is 55.5 Å². The summed E-state index contributed by atoms with van der Waals surface area (Å²) in [6.45, 7) is 9.95. The highest BCUT2D eigenvalue weighted by Crippen LogP contribution is 2.48. The first-order valence-electron chi connectivity index (χ1n) is 13.4. The molecule has 1 saturated heterocycles. The lowest BCUT2D eigenvalue weighted by molar-refractivity contribution is -0.109. The second-order valence-electron chi connectivity index (χ2n) is 10.5. The zero-order valence-electron chi connectivity index (χ0n) is 22.3. The third kappa shape index (κ3) is 5.41. The molecule has 198 valence electrons. The van der Waals surface area contributed by atoms with Gasteiger partial charge in [-0.15, -0.1) is 0 Å². The highest BCUT2D eigenvalue weighted by Gasteiger charge is 2.31. The first-order chi connectivity index (χ1) is 18.4. The number of hydrogen-bond acceptors (Lipinski definition) is 5. The van der Waals surface area contributed by atoms with E-state index in [-0.39, 0.29) is 11.9 Å². The van der Waals surface area contributed by atoms with Crippen LogP contribution in [0.3, 0.4) is 0 Å². The summed E-state index contributed by atoms with van der Waals surface area (Å²) in [4.78, 5) is 13.5. The van der Waals surface area contributed by atoms with Crippen molar-refractivity contribution in [2.24, 2.45) is 5.92 Å². The lowest BCUT2D eigenvalue weighted by Gasteiger charge is -2.32. The number of carbonyl (C=O) groups excluding carboxylic acids is 1. The fourth-order valence-corrected chi connectivity index (χ4v) is 5.54. The predicted octanol–water partition coefficient (Wildman–Crippen LogP) is 5.81. The largest absolute Gasteiger partial charge is 0.508 e. The van der Waals surface area contributed by atoms with Crippen LogP contribution in [-0.2, 0) is 11.3 Å². The number of amides is 1. The van der Waals surface area contributed by atoms with Crippen LogP contribution in [0.25, 0.3) is 11.1 Å². The van der Waals surface area contributed by atoms with Gasteiger partial charge < -0.3 is 19.9 Å². The molecule has 3 atom stereocenters. The lowest BCUT2D eigenvalue weighted by atomic mass is 9.84. The number of nitrogens with one attached hydrogen (secondary N) is 1. The van der Waals surface area contributed by atoms with Crippen LogP contribution in [0.2, 0.25) is 0 Å². The highest BCUT2D eigenvalue weighted by molar-refractivity contribution is 5.96. The Hall–Kier alpha value is -3.77. The molecule has 0 bridgehead atoms. The van der Waals surface area contributed by atoms with Crippen molar-refractivity contribution in [1.82, 2.24) is 10.2 Å². The molecule has 2 heterocycles. The van der Waals surface area contributed by atoms with Crippen molar-refractivity contribution >= 4 is 17.6 Å². The van der Waals surface area contributed by atoms with E-state index in [9.17, 15) is 9.90 Å². The quantitative estimate of drug-likeness (QED) is 0.354. The number of fused-ring (bicyclic) bond motifs is 1. The fraction of sp³-hybridized carbons (Fsp3) is 0.344. The highest BCUT2D eigenvalue weighted by atomic mass is 16.5. The van der Waals surface area contributed by atoms with E-state index in [4.69, 9.17) is 9.47 Å². The van der Waals surface area contributed by atoms with Crippen LogP contribution in [0.15, 0.2) is 66.7 Å². The third-order valence-electron chi connectivity index (χ3n) is 7.71. The van der Waals surface area contributed by atoms with Gasteiger partial charge in [0.15, 0.2) is 0 Å². The van der Waals surface area contributed by atoms with Crippen LogP contribution in [0, 0.1) is 5.92 Å². The van der Waals surface area contributed by atoms with Crippen LogP contribution in [-0.4, -0.2) is 42.2 Å². The van der Waals surface area contributed by atoms with Gasteiger partial charge in [-0.25, -0.2) is 0 Å². The van der Waals surface area contributed by atoms with Gasteiger partial charge >= 0.3 is 0 Å². The standard InChI is InChI=1S/C32H36N2O4/c1-21-14-15-34(18-21)22(2)19-37-27-11-8-24(9-12-27)32-31(28-7-5-4-6-25(28)17-33-20-35)23(3)29-16-26(36)10-13-30(29)38-32/h4-13,16,20-22,32,36H,14-15,17-19H2,1-3H3,(H,33,35)/t21-,22+,32?/m1/s1. The molecule has 3 aromatic rings. The van der Waals surface area contributed by atoms with Crippen LogP contribution in [0.5, 0.6) is 17.2 Å². The van der Waals surface area contributed by atoms with Crippen LogP contribution >= 0.6 is 0 Å².